The van der Waals surface area contributed by atoms with Crippen molar-refractivity contribution in [1.29, 1.82) is 0 Å². The highest BCUT2D eigenvalue weighted by atomic mass is 35.5. The number of anilines is 1. The molecule has 0 aliphatic heterocycles. The molecule has 2 aromatic rings. The van der Waals surface area contributed by atoms with Crippen molar-refractivity contribution in [2.24, 2.45) is 0 Å². The van der Waals surface area contributed by atoms with Crippen LogP contribution in [0.5, 0.6) is 5.75 Å². The lowest BCUT2D eigenvalue weighted by Crippen LogP contribution is -2.37. The van der Waals surface area contributed by atoms with Crippen LogP contribution in [0.25, 0.3) is 0 Å². The summed E-state index contributed by atoms with van der Waals surface area (Å²) in [5, 5.41) is 0.499. The number of hydrogen-bond donors (Lipinski definition) is 1. The number of amides is 1. The Kier molecular flexibility index (Phi) is 6.63. The van der Waals surface area contributed by atoms with Crippen LogP contribution in [0, 0.1) is 6.92 Å². The summed E-state index contributed by atoms with van der Waals surface area (Å²) in [4.78, 5) is 13.4. The minimum absolute atomic E-state index is 0.0471. The Balaban J connectivity index is 2.14. The van der Waals surface area contributed by atoms with Crippen molar-refractivity contribution in [3.63, 3.8) is 0 Å². The molecule has 0 aromatic heterocycles. The topological polar surface area (TPSA) is 75.7 Å². The molecule has 0 unspecified atom stereocenters. The fourth-order valence-electron chi connectivity index (χ4n) is 2.48. The molecular weight excluding hydrogens is 376 g/mol. The van der Waals surface area contributed by atoms with Gasteiger partial charge in [0.15, 0.2) is 0 Å². The first-order valence-corrected chi connectivity index (χ1v) is 9.78. The van der Waals surface area contributed by atoms with E-state index in [1.54, 1.807) is 49.4 Å². The van der Waals surface area contributed by atoms with E-state index in [1.807, 2.05) is 0 Å². The standard InChI is InChI=1S/C18H21ClN2O4S/c1-13-7-8-17(25-3)18(11-13)26(23,24)20-9-10-21(14(2)22)16-6-4-5-15(19)12-16/h4-8,11-12,20H,9-10H2,1-3H3. The van der Waals surface area contributed by atoms with Crippen molar-refractivity contribution in [3.8, 4) is 5.75 Å². The Bertz CT molecular complexity index is 900. The lowest BCUT2D eigenvalue weighted by Gasteiger charge is -2.21. The third-order valence-corrected chi connectivity index (χ3v) is 5.45. The Morgan fingerprint density at radius 3 is 2.58 bits per heavy atom. The van der Waals surface area contributed by atoms with Crippen LogP contribution >= 0.6 is 11.6 Å². The van der Waals surface area contributed by atoms with Crippen LogP contribution in [-0.4, -0.2) is 34.5 Å². The van der Waals surface area contributed by atoms with Gasteiger partial charge in [-0.2, -0.15) is 0 Å². The number of ether oxygens (including phenoxy) is 1. The molecule has 1 N–H and O–H groups in total. The number of hydrogen-bond acceptors (Lipinski definition) is 4. The molecule has 26 heavy (non-hydrogen) atoms. The largest absolute Gasteiger partial charge is 0.495 e. The molecule has 0 atom stereocenters. The Labute approximate surface area is 158 Å². The number of aryl methyl sites for hydroxylation is 1. The van der Waals surface area contributed by atoms with Crippen LogP contribution in [0.15, 0.2) is 47.4 Å². The van der Waals surface area contributed by atoms with Gasteiger partial charge in [-0.1, -0.05) is 23.7 Å². The SMILES string of the molecule is COc1ccc(C)cc1S(=O)(=O)NCCN(C(C)=O)c1cccc(Cl)c1. The number of halogens is 1. The van der Waals surface area contributed by atoms with Gasteiger partial charge >= 0.3 is 0 Å². The van der Waals surface area contributed by atoms with E-state index >= 15 is 0 Å². The van der Waals surface area contributed by atoms with Crippen LogP contribution in [0.4, 0.5) is 5.69 Å². The quantitative estimate of drug-likeness (QED) is 0.780. The second kappa shape index (κ2) is 8.53. The third kappa shape index (κ3) is 4.97. The van der Waals surface area contributed by atoms with Crippen molar-refractivity contribution in [1.82, 2.24) is 4.72 Å². The first-order valence-electron chi connectivity index (χ1n) is 7.92. The van der Waals surface area contributed by atoms with Gasteiger partial charge in [-0.3, -0.25) is 4.79 Å². The van der Waals surface area contributed by atoms with E-state index in [-0.39, 0.29) is 29.6 Å². The molecule has 0 saturated carbocycles. The van der Waals surface area contributed by atoms with Gasteiger partial charge in [-0.25, -0.2) is 13.1 Å². The van der Waals surface area contributed by atoms with Crippen molar-refractivity contribution in [3.05, 3.63) is 53.1 Å². The number of benzene rings is 2. The van der Waals surface area contributed by atoms with Crippen molar-refractivity contribution in [2.45, 2.75) is 18.7 Å². The molecule has 0 saturated heterocycles. The van der Waals surface area contributed by atoms with Crippen LogP contribution < -0.4 is 14.4 Å². The number of carbonyl (C=O) groups excluding carboxylic acids is 1. The first-order chi connectivity index (χ1) is 12.2. The second-order valence-corrected chi connectivity index (χ2v) is 7.87. The maximum absolute atomic E-state index is 12.6. The average Bonchev–Trinajstić information content (AvgIpc) is 2.58. The normalized spacial score (nSPS) is 11.2. The van der Waals surface area contributed by atoms with Gasteiger partial charge in [0.2, 0.25) is 15.9 Å². The molecule has 2 aromatic carbocycles. The van der Waals surface area contributed by atoms with E-state index in [4.69, 9.17) is 16.3 Å². The van der Waals surface area contributed by atoms with Gasteiger partial charge in [0.05, 0.1) is 7.11 Å². The minimum atomic E-state index is -3.78. The summed E-state index contributed by atoms with van der Waals surface area (Å²) < 4.78 is 32.8. The zero-order chi connectivity index (χ0) is 19.3. The smallest absolute Gasteiger partial charge is 0.244 e. The molecule has 0 radical (unpaired) electrons. The lowest BCUT2D eigenvalue weighted by molar-refractivity contribution is -0.116. The number of carbonyl (C=O) groups is 1. The van der Waals surface area contributed by atoms with E-state index in [1.165, 1.54) is 18.9 Å². The number of sulfonamides is 1. The highest BCUT2D eigenvalue weighted by Gasteiger charge is 2.20. The van der Waals surface area contributed by atoms with Crippen LogP contribution in [0.1, 0.15) is 12.5 Å². The minimum Gasteiger partial charge on any atom is -0.495 e. The zero-order valence-electron chi connectivity index (χ0n) is 14.8. The van der Waals surface area contributed by atoms with E-state index in [9.17, 15) is 13.2 Å². The van der Waals surface area contributed by atoms with Crippen molar-refractivity contribution < 1.29 is 17.9 Å². The monoisotopic (exact) mass is 396 g/mol. The fourth-order valence-corrected chi connectivity index (χ4v) is 3.93. The fraction of sp³-hybridized carbons (Fsp3) is 0.278. The summed E-state index contributed by atoms with van der Waals surface area (Å²) in [6.45, 7) is 3.43. The molecule has 1 amide bonds. The van der Waals surface area contributed by atoms with E-state index in [0.29, 0.717) is 10.7 Å². The molecule has 2 rings (SSSR count). The maximum Gasteiger partial charge on any atom is 0.244 e. The van der Waals surface area contributed by atoms with Crippen LogP contribution in [0.3, 0.4) is 0 Å². The molecule has 0 spiro atoms. The molecule has 0 heterocycles. The molecule has 0 fully saturated rings. The molecule has 0 bridgehead atoms. The number of nitrogens with one attached hydrogen (secondary N) is 1. The Hall–Kier alpha value is -2.09. The Morgan fingerprint density at radius 2 is 1.96 bits per heavy atom. The molecule has 0 aliphatic rings. The predicted molar refractivity (Wildman–Crippen MR) is 102 cm³/mol. The van der Waals surface area contributed by atoms with Crippen LogP contribution in [-0.2, 0) is 14.8 Å². The molecule has 8 heteroatoms. The van der Waals surface area contributed by atoms with E-state index < -0.39 is 10.0 Å². The van der Waals surface area contributed by atoms with E-state index in [0.717, 1.165) is 5.56 Å². The van der Waals surface area contributed by atoms with Gasteiger partial charge in [-0.05, 0) is 42.8 Å². The van der Waals surface area contributed by atoms with Gasteiger partial charge in [0.1, 0.15) is 10.6 Å². The number of methoxy groups -OCH3 is 1. The second-order valence-electron chi connectivity index (χ2n) is 5.70. The van der Waals surface area contributed by atoms with Crippen LogP contribution in [0.2, 0.25) is 5.02 Å². The third-order valence-electron chi connectivity index (χ3n) is 3.74. The summed E-state index contributed by atoms with van der Waals surface area (Å²) >= 11 is 5.97. The molecule has 140 valence electrons. The van der Waals surface area contributed by atoms with Gasteiger partial charge < -0.3 is 9.64 Å². The predicted octanol–water partition coefficient (Wildman–Crippen LogP) is 2.99. The van der Waals surface area contributed by atoms with Gasteiger partial charge in [0, 0.05) is 30.7 Å². The Morgan fingerprint density at radius 1 is 1.23 bits per heavy atom. The highest BCUT2D eigenvalue weighted by Crippen LogP contribution is 2.24. The summed E-state index contributed by atoms with van der Waals surface area (Å²) in [5.74, 6) is 0.0564. The maximum atomic E-state index is 12.6. The molecule has 0 aliphatic carbocycles. The van der Waals surface area contributed by atoms with E-state index in [2.05, 4.69) is 4.72 Å². The van der Waals surface area contributed by atoms with Gasteiger partial charge in [0.25, 0.3) is 0 Å². The first kappa shape index (κ1) is 20.2. The lowest BCUT2D eigenvalue weighted by atomic mass is 10.2. The average molecular weight is 397 g/mol. The molecule has 6 nitrogen and oxygen atoms in total. The summed E-state index contributed by atoms with van der Waals surface area (Å²) in [6, 6.07) is 11.8. The molecular formula is C18H21ClN2O4S. The zero-order valence-corrected chi connectivity index (χ0v) is 16.4. The number of rotatable bonds is 7. The summed E-state index contributed by atoms with van der Waals surface area (Å²) in [6.07, 6.45) is 0. The van der Waals surface area contributed by atoms with Crippen molar-refractivity contribution in [2.75, 3.05) is 25.1 Å². The van der Waals surface area contributed by atoms with Gasteiger partial charge in [-0.15, -0.1) is 0 Å². The highest BCUT2D eigenvalue weighted by molar-refractivity contribution is 7.89. The van der Waals surface area contributed by atoms with Crippen molar-refractivity contribution >= 4 is 33.2 Å². The summed E-state index contributed by atoms with van der Waals surface area (Å²) in [7, 11) is -2.36. The summed E-state index contributed by atoms with van der Waals surface area (Å²) in [5.41, 5.74) is 1.41. The number of nitrogens with zero attached hydrogens (tertiary/aromatic N) is 1.